The largest absolute Gasteiger partial charge is 0.379 e. The molecule has 1 saturated carbocycles. The average Bonchev–Trinajstić information content (AvgIpc) is 2.93. The van der Waals surface area contributed by atoms with Gasteiger partial charge in [0.25, 0.3) is 5.91 Å². The van der Waals surface area contributed by atoms with Gasteiger partial charge >= 0.3 is 0 Å². The number of thiazole rings is 1. The highest BCUT2D eigenvalue weighted by molar-refractivity contribution is 7.17. The summed E-state index contributed by atoms with van der Waals surface area (Å²) in [4.78, 5) is 19.8. The molecule has 0 spiro atoms. The third-order valence-corrected chi connectivity index (χ3v) is 5.68. The molecular weight excluding hydrogens is 324 g/mol. The summed E-state index contributed by atoms with van der Waals surface area (Å²) in [5.74, 6) is 0.0284. The van der Waals surface area contributed by atoms with E-state index in [2.05, 4.69) is 20.5 Å². The number of hydrogen-bond acceptors (Lipinski definition) is 6. The predicted octanol–water partition coefficient (Wildman–Crippen LogP) is 2.34. The second kappa shape index (κ2) is 9.34. The molecule has 134 valence electrons. The van der Waals surface area contributed by atoms with E-state index in [1.165, 1.54) is 37.0 Å². The Morgan fingerprint density at radius 1 is 1.25 bits per heavy atom. The van der Waals surface area contributed by atoms with E-state index in [0.717, 1.165) is 57.4 Å². The molecular formula is C17H28N4O2S. The zero-order valence-corrected chi connectivity index (χ0v) is 15.1. The molecule has 1 aliphatic heterocycles. The second-order valence-electron chi connectivity index (χ2n) is 6.57. The third-order valence-electron chi connectivity index (χ3n) is 4.73. The smallest absolute Gasteiger partial charge is 0.263 e. The van der Waals surface area contributed by atoms with Crippen molar-refractivity contribution in [2.75, 3.05) is 44.7 Å². The summed E-state index contributed by atoms with van der Waals surface area (Å²) in [6, 6.07) is 0.333. The molecule has 3 rings (SSSR count). The zero-order valence-electron chi connectivity index (χ0n) is 14.3. The van der Waals surface area contributed by atoms with Crippen LogP contribution in [-0.4, -0.2) is 61.2 Å². The van der Waals surface area contributed by atoms with Crippen LogP contribution in [0.15, 0.2) is 6.20 Å². The Hall–Kier alpha value is -1.18. The van der Waals surface area contributed by atoms with Crippen molar-refractivity contribution in [2.24, 2.45) is 0 Å². The maximum Gasteiger partial charge on any atom is 0.263 e. The fourth-order valence-corrected chi connectivity index (χ4v) is 4.03. The lowest BCUT2D eigenvalue weighted by Crippen LogP contribution is -2.38. The van der Waals surface area contributed by atoms with E-state index in [4.69, 9.17) is 4.74 Å². The Morgan fingerprint density at radius 2 is 2.00 bits per heavy atom. The molecule has 0 aromatic carbocycles. The maximum absolute atomic E-state index is 12.4. The normalized spacial score (nSPS) is 20.5. The number of nitrogens with one attached hydrogen (secondary N) is 2. The average molecular weight is 353 g/mol. The van der Waals surface area contributed by atoms with Gasteiger partial charge < -0.3 is 15.4 Å². The fraction of sp³-hybridized carbons (Fsp3) is 0.765. The monoisotopic (exact) mass is 352 g/mol. The van der Waals surface area contributed by atoms with Crippen molar-refractivity contribution in [3.8, 4) is 0 Å². The molecule has 6 nitrogen and oxygen atoms in total. The molecule has 1 saturated heterocycles. The van der Waals surface area contributed by atoms with Gasteiger partial charge in [0.2, 0.25) is 0 Å². The first-order chi connectivity index (χ1) is 11.8. The first-order valence-corrected chi connectivity index (χ1v) is 9.93. The molecule has 0 unspecified atom stereocenters. The number of anilines is 1. The van der Waals surface area contributed by atoms with Gasteiger partial charge in [0.05, 0.1) is 19.4 Å². The van der Waals surface area contributed by atoms with Crippen LogP contribution < -0.4 is 10.6 Å². The Labute approximate surface area is 148 Å². The summed E-state index contributed by atoms with van der Waals surface area (Å²) in [5.41, 5.74) is 0. The number of morpholine rings is 1. The van der Waals surface area contributed by atoms with Crippen molar-refractivity contribution in [3.63, 3.8) is 0 Å². The zero-order chi connectivity index (χ0) is 16.6. The van der Waals surface area contributed by atoms with E-state index in [1.54, 1.807) is 6.20 Å². The quantitative estimate of drug-likeness (QED) is 0.769. The molecule has 7 heteroatoms. The number of ether oxygens (including phenoxy) is 1. The molecule has 1 aromatic heterocycles. The lowest BCUT2D eigenvalue weighted by atomic mass is 10.1. The van der Waals surface area contributed by atoms with E-state index in [-0.39, 0.29) is 5.91 Å². The van der Waals surface area contributed by atoms with Crippen molar-refractivity contribution in [2.45, 2.75) is 44.6 Å². The van der Waals surface area contributed by atoms with Gasteiger partial charge in [-0.15, -0.1) is 0 Å². The minimum atomic E-state index is 0.0284. The second-order valence-corrected chi connectivity index (χ2v) is 7.60. The molecule has 2 N–H and O–H groups in total. The van der Waals surface area contributed by atoms with Crippen LogP contribution in [0.2, 0.25) is 0 Å². The van der Waals surface area contributed by atoms with Crippen LogP contribution in [0.3, 0.4) is 0 Å². The Bertz CT molecular complexity index is 508. The van der Waals surface area contributed by atoms with Crippen molar-refractivity contribution < 1.29 is 9.53 Å². The summed E-state index contributed by atoms with van der Waals surface area (Å²) in [6.07, 6.45) is 8.94. The van der Waals surface area contributed by atoms with E-state index >= 15 is 0 Å². The van der Waals surface area contributed by atoms with Crippen LogP contribution in [0.4, 0.5) is 5.13 Å². The molecule has 24 heavy (non-hydrogen) atoms. The highest BCUT2D eigenvalue weighted by Crippen LogP contribution is 2.20. The van der Waals surface area contributed by atoms with Gasteiger partial charge in [-0.05, 0) is 12.8 Å². The number of rotatable bonds is 6. The van der Waals surface area contributed by atoms with E-state index < -0.39 is 0 Å². The topological polar surface area (TPSA) is 66.5 Å². The highest BCUT2D eigenvalue weighted by atomic mass is 32.1. The SMILES string of the molecule is O=C(NC1CCCCCC1)c1cnc(NCCN2CCOCC2)s1. The Kier molecular flexibility index (Phi) is 6.86. The summed E-state index contributed by atoms with van der Waals surface area (Å²) in [5, 5.41) is 7.33. The summed E-state index contributed by atoms with van der Waals surface area (Å²) in [6.45, 7) is 5.46. The van der Waals surface area contributed by atoms with Crippen molar-refractivity contribution in [3.05, 3.63) is 11.1 Å². The third kappa shape index (κ3) is 5.43. The number of nitrogens with zero attached hydrogens (tertiary/aromatic N) is 2. The number of hydrogen-bond donors (Lipinski definition) is 2. The van der Waals surface area contributed by atoms with Crippen molar-refractivity contribution in [1.29, 1.82) is 0 Å². The van der Waals surface area contributed by atoms with Gasteiger partial charge in [0.1, 0.15) is 4.88 Å². The number of amides is 1. The van der Waals surface area contributed by atoms with E-state index in [1.807, 2.05) is 0 Å². The lowest BCUT2D eigenvalue weighted by Gasteiger charge is -2.26. The molecule has 0 bridgehead atoms. The fourth-order valence-electron chi connectivity index (χ4n) is 3.29. The van der Waals surface area contributed by atoms with Gasteiger partial charge in [0, 0.05) is 32.2 Å². The van der Waals surface area contributed by atoms with Crippen LogP contribution in [0.5, 0.6) is 0 Å². The summed E-state index contributed by atoms with van der Waals surface area (Å²) < 4.78 is 5.35. The van der Waals surface area contributed by atoms with Crippen LogP contribution in [0.1, 0.15) is 48.2 Å². The Balaban J connectivity index is 1.41. The molecule has 0 atom stereocenters. The summed E-state index contributed by atoms with van der Waals surface area (Å²) >= 11 is 1.44. The molecule has 1 aromatic rings. The van der Waals surface area contributed by atoms with Crippen LogP contribution >= 0.6 is 11.3 Å². The first-order valence-electron chi connectivity index (χ1n) is 9.12. The molecule has 1 amide bonds. The molecule has 2 fully saturated rings. The van der Waals surface area contributed by atoms with E-state index in [9.17, 15) is 4.79 Å². The van der Waals surface area contributed by atoms with Crippen LogP contribution in [0.25, 0.3) is 0 Å². The van der Waals surface area contributed by atoms with Crippen LogP contribution in [0, 0.1) is 0 Å². The standard InChI is InChI=1S/C17H28N4O2S/c22-16(20-14-5-3-1-2-4-6-14)15-13-19-17(24-15)18-7-8-21-9-11-23-12-10-21/h13-14H,1-12H2,(H,18,19)(H,20,22). The lowest BCUT2D eigenvalue weighted by molar-refractivity contribution is 0.0398. The number of carbonyl (C=O) groups is 1. The minimum Gasteiger partial charge on any atom is -0.379 e. The predicted molar refractivity (Wildman–Crippen MR) is 96.8 cm³/mol. The van der Waals surface area contributed by atoms with Gasteiger partial charge in [-0.3, -0.25) is 9.69 Å². The summed E-state index contributed by atoms with van der Waals surface area (Å²) in [7, 11) is 0. The first kappa shape index (κ1) is 17.6. The number of aromatic nitrogens is 1. The van der Waals surface area contributed by atoms with Crippen molar-refractivity contribution in [1.82, 2.24) is 15.2 Å². The van der Waals surface area contributed by atoms with Gasteiger partial charge in [-0.2, -0.15) is 0 Å². The van der Waals surface area contributed by atoms with Gasteiger partial charge in [0.15, 0.2) is 5.13 Å². The molecule has 2 heterocycles. The minimum absolute atomic E-state index is 0.0284. The highest BCUT2D eigenvalue weighted by Gasteiger charge is 2.17. The molecule has 0 radical (unpaired) electrons. The van der Waals surface area contributed by atoms with Gasteiger partial charge in [-0.1, -0.05) is 37.0 Å². The van der Waals surface area contributed by atoms with E-state index in [0.29, 0.717) is 10.9 Å². The Morgan fingerprint density at radius 3 is 2.75 bits per heavy atom. The van der Waals surface area contributed by atoms with Crippen molar-refractivity contribution >= 4 is 22.4 Å². The molecule has 1 aliphatic carbocycles. The number of carbonyl (C=O) groups excluding carboxylic acids is 1. The molecule has 2 aliphatic rings. The van der Waals surface area contributed by atoms with Gasteiger partial charge in [-0.25, -0.2) is 4.98 Å². The van der Waals surface area contributed by atoms with Crippen LogP contribution in [-0.2, 0) is 4.74 Å². The maximum atomic E-state index is 12.4.